The molecule has 1 aromatic rings. The quantitative estimate of drug-likeness (QED) is 0.689. The fourth-order valence-corrected chi connectivity index (χ4v) is 3.94. The minimum atomic E-state index is -0.0943. The third-order valence-corrected chi connectivity index (χ3v) is 5.44. The van der Waals surface area contributed by atoms with E-state index in [1.54, 1.807) is 7.11 Å². The van der Waals surface area contributed by atoms with E-state index in [0.717, 1.165) is 34.6 Å². The highest BCUT2D eigenvalue weighted by molar-refractivity contribution is 9.10. The minimum absolute atomic E-state index is 0.0943. The van der Waals surface area contributed by atoms with E-state index in [4.69, 9.17) is 9.47 Å². The van der Waals surface area contributed by atoms with Gasteiger partial charge in [-0.1, -0.05) is 15.9 Å². The maximum Gasteiger partial charge on any atom is 0.306 e. The standard InChI is InChI=1S/C15H19BrO3S/c1-18-13-4-3-12(16)7-11(13)9-20-10-15(5-6-15)8-14(17)19-2/h3-4,7H,5-6,8-10H2,1-2H3. The van der Waals surface area contributed by atoms with Gasteiger partial charge in [-0.2, -0.15) is 11.8 Å². The number of hydrogen-bond donors (Lipinski definition) is 0. The molecular weight excluding hydrogens is 340 g/mol. The van der Waals surface area contributed by atoms with Crippen LogP contribution in [0.2, 0.25) is 0 Å². The summed E-state index contributed by atoms with van der Waals surface area (Å²) in [5.41, 5.74) is 1.36. The summed E-state index contributed by atoms with van der Waals surface area (Å²) < 4.78 is 11.2. The molecule has 1 fully saturated rings. The molecule has 0 N–H and O–H groups in total. The second-order valence-electron chi connectivity index (χ2n) is 5.20. The molecule has 0 unspecified atom stereocenters. The Balaban J connectivity index is 1.87. The Kier molecular flexibility index (Phi) is 5.38. The summed E-state index contributed by atoms with van der Waals surface area (Å²) in [5.74, 6) is 2.71. The number of thioether (sulfide) groups is 1. The summed E-state index contributed by atoms with van der Waals surface area (Å²) in [7, 11) is 3.15. The van der Waals surface area contributed by atoms with Crippen LogP contribution in [0.15, 0.2) is 22.7 Å². The zero-order valence-electron chi connectivity index (χ0n) is 11.8. The van der Waals surface area contributed by atoms with Crippen LogP contribution in [-0.4, -0.2) is 25.9 Å². The van der Waals surface area contributed by atoms with Gasteiger partial charge in [-0.05, 0) is 42.2 Å². The lowest BCUT2D eigenvalue weighted by Crippen LogP contribution is -2.13. The summed E-state index contributed by atoms with van der Waals surface area (Å²) >= 11 is 5.34. The van der Waals surface area contributed by atoms with Crippen molar-refractivity contribution >= 4 is 33.7 Å². The maximum atomic E-state index is 11.4. The van der Waals surface area contributed by atoms with Gasteiger partial charge in [-0.3, -0.25) is 4.79 Å². The number of esters is 1. The summed E-state index contributed by atoms with van der Waals surface area (Å²) in [6, 6.07) is 6.04. The average molecular weight is 359 g/mol. The van der Waals surface area contributed by atoms with Crippen molar-refractivity contribution in [1.29, 1.82) is 0 Å². The van der Waals surface area contributed by atoms with Crippen molar-refractivity contribution in [3.8, 4) is 5.75 Å². The van der Waals surface area contributed by atoms with Crippen LogP contribution >= 0.6 is 27.7 Å². The van der Waals surface area contributed by atoms with Crippen LogP contribution in [0.5, 0.6) is 5.75 Å². The Morgan fingerprint density at radius 3 is 2.75 bits per heavy atom. The Hall–Kier alpha value is -0.680. The van der Waals surface area contributed by atoms with Crippen molar-refractivity contribution in [2.45, 2.75) is 25.0 Å². The number of carbonyl (C=O) groups is 1. The summed E-state index contributed by atoms with van der Waals surface area (Å²) in [5, 5.41) is 0. The molecule has 0 aromatic heterocycles. The number of ether oxygens (including phenoxy) is 2. The fourth-order valence-electron chi connectivity index (χ4n) is 2.16. The Bertz CT molecular complexity index is 486. The smallest absolute Gasteiger partial charge is 0.306 e. The van der Waals surface area contributed by atoms with Crippen LogP contribution in [0.4, 0.5) is 0 Å². The molecule has 1 aromatic carbocycles. The van der Waals surface area contributed by atoms with Crippen LogP contribution in [0.1, 0.15) is 24.8 Å². The topological polar surface area (TPSA) is 35.5 Å². The molecule has 0 aliphatic heterocycles. The first-order valence-corrected chi connectivity index (χ1v) is 8.50. The molecule has 3 nitrogen and oxygen atoms in total. The van der Waals surface area contributed by atoms with Gasteiger partial charge in [0.25, 0.3) is 0 Å². The predicted molar refractivity (Wildman–Crippen MR) is 85.2 cm³/mol. The highest BCUT2D eigenvalue weighted by Gasteiger charge is 2.44. The van der Waals surface area contributed by atoms with Crippen LogP contribution in [0.3, 0.4) is 0 Å². The van der Waals surface area contributed by atoms with Crippen LogP contribution < -0.4 is 4.74 Å². The zero-order valence-corrected chi connectivity index (χ0v) is 14.2. The molecule has 20 heavy (non-hydrogen) atoms. The van der Waals surface area contributed by atoms with Gasteiger partial charge in [0.1, 0.15) is 5.75 Å². The molecule has 0 atom stereocenters. The van der Waals surface area contributed by atoms with E-state index in [1.165, 1.54) is 12.7 Å². The zero-order chi connectivity index (χ0) is 14.6. The molecule has 0 spiro atoms. The third kappa shape index (κ3) is 4.16. The first kappa shape index (κ1) is 15.7. The van der Waals surface area contributed by atoms with E-state index >= 15 is 0 Å². The van der Waals surface area contributed by atoms with E-state index in [1.807, 2.05) is 23.9 Å². The average Bonchev–Trinajstić information content (AvgIpc) is 3.18. The second kappa shape index (κ2) is 6.85. The Morgan fingerprint density at radius 1 is 1.40 bits per heavy atom. The molecular formula is C15H19BrO3S. The number of halogens is 1. The Morgan fingerprint density at radius 2 is 2.15 bits per heavy atom. The SMILES string of the molecule is COC(=O)CC1(CSCc2cc(Br)ccc2OC)CC1. The van der Waals surface area contributed by atoms with Crippen molar-refractivity contribution in [3.63, 3.8) is 0 Å². The molecule has 1 aliphatic rings. The number of carbonyl (C=O) groups excluding carboxylic acids is 1. The summed E-state index contributed by atoms with van der Waals surface area (Å²) in [6.07, 6.45) is 2.81. The van der Waals surface area contributed by atoms with E-state index in [2.05, 4.69) is 22.0 Å². The third-order valence-electron chi connectivity index (χ3n) is 3.61. The minimum Gasteiger partial charge on any atom is -0.496 e. The molecule has 2 rings (SSSR count). The van der Waals surface area contributed by atoms with Gasteiger partial charge in [0.2, 0.25) is 0 Å². The molecule has 1 saturated carbocycles. The van der Waals surface area contributed by atoms with Crippen molar-refractivity contribution in [1.82, 2.24) is 0 Å². The first-order valence-electron chi connectivity index (χ1n) is 6.55. The van der Waals surface area contributed by atoms with Crippen molar-refractivity contribution in [2.75, 3.05) is 20.0 Å². The molecule has 0 bridgehead atoms. The largest absolute Gasteiger partial charge is 0.496 e. The van der Waals surface area contributed by atoms with Crippen LogP contribution in [0, 0.1) is 5.41 Å². The van der Waals surface area contributed by atoms with Crippen molar-refractivity contribution in [2.24, 2.45) is 5.41 Å². The van der Waals surface area contributed by atoms with E-state index < -0.39 is 0 Å². The predicted octanol–water partition coefficient (Wildman–Crippen LogP) is 4.03. The molecule has 1 aliphatic carbocycles. The first-order chi connectivity index (χ1) is 9.58. The van der Waals surface area contributed by atoms with Crippen LogP contribution in [0.25, 0.3) is 0 Å². The fraction of sp³-hybridized carbons (Fsp3) is 0.533. The molecule has 110 valence electrons. The lowest BCUT2D eigenvalue weighted by molar-refractivity contribution is -0.141. The highest BCUT2D eigenvalue weighted by Crippen LogP contribution is 2.51. The van der Waals surface area contributed by atoms with Gasteiger partial charge in [0.05, 0.1) is 20.6 Å². The van der Waals surface area contributed by atoms with Crippen molar-refractivity contribution < 1.29 is 14.3 Å². The maximum absolute atomic E-state index is 11.4. The lowest BCUT2D eigenvalue weighted by Gasteiger charge is -2.14. The molecule has 5 heteroatoms. The van der Waals surface area contributed by atoms with Crippen LogP contribution in [-0.2, 0) is 15.3 Å². The lowest BCUT2D eigenvalue weighted by atomic mass is 10.1. The number of hydrogen-bond acceptors (Lipinski definition) is 4. The molecule has 0 heterocycles. The molecule has 0 radical (unpaired) electrons. The summed E-state index contributed by atoms with van der Waals surface area (Å²) in [4.78, 5) is 11.4. The summed E-state index contributed by atoms with van der Waals surface area (Å²) in [6.45, 7) is 0. The van der Waals surface area contributed by atoms with Gasteiger partial charge in [-0.15, -0.1) is 0 Å². The van der Waals surface area contributed by atoms with Crippen molar-refractivity contribution in [3.05, 3.63) is 28.2 Å². The number of benzene rings is 1. The Labute approximate surface area is 132 Å². The van der Waals surface area contributed by atoms with E-state index in [9.17, 15) is 4.79 Å². The van der Waals surface area contributed by atoms with Gasteiger partial charge in [-0.25, -0.2) is 0 Å². The van der Waals surface area contributed by atoms with E-state index in [0.29, 0.717) is 6.42 Å². The van der Waals surface area contributed by atoms with Gasteiger partial charge in [0.15, 0.2) is 0 Å². The van der Waals surface area contributed by atoms with Gasteiger partial charge >= 0.3 is 5.97 Å². The van der Waals surface area contributed by atoms with Gasteiger partial charge in [0, 0.05) is 15.8 Å². The normalized spacial score (nSPS) is 15.8. The molecule has 0 amide bonds. The van der Waals surface area contributed by atoms with Gasteiger partial charge < -0.3 is 9.47 Å². The number of rotatable bonds is 7. The highest BCUT2D eigenvalue weighted by atomic mass is 79.9. The van der Waals surface area contributed by atoms with E-state index in [-0.39, 0.29) is 11.4 Å². The monoisotopic (exact) mass is 358 g/mol. The number of methoxy groups -OCH3 is 2. The second-order valence-corrected chi connectivity index (χ2v) is 7.10. The molecule has 0 saturated heterocycles.